The molecule has 1 aromatic heterocycles. The Bertz CT molecular complexity index is 417. The Morgan fingerprint density at radius 1 is 1.26 bits per heavy atom. The molecule has 1 aliphatic carbocycles. The first-order chi connectivity index (χ1) is 9.22. The topological polar surface area (TPSA) is 62.7 Å². The van der Waals surface area contributed by atoms with Gasteiger partial charge in [0.15, 0.2) is 0 Å². The molecular weight excluding hydrogens is 282 g/mol. The number of hydrogen-bond acceptors (Lipinski definition) is 6. The summed E-state index contributed by atoms with van der Waals surface area (Å²) in [5, 5.41) is 7.38. The predicted molar refractivity (Wildman–Crippen MR) is 82.2 cm³/mol. The quantitative estimate of drug-likeness (QED) is 0.842. The van der Waals surface area contributed by atoms with Gasteiger partial charge in [0.25, 0.3) is 0 Å². The van der Waals surface area contributed by atoms with Crippen molar-refractivity contribution >= 4 is 35.3 Å². The van der Waals surface area contributed by atoms with Gasteiger partial charge in [0.1, 0.15) is 0 Å². The number of hydrogen-bond donors (Lipinski definition) is 2. The molecular formula is C12H20ClN5S. The third kappa shape index (κ3) is 4.11. The van der Waals surface area contributed by atoms with Crippen molar-refractivity contribution in [2.24, 2.45) is 0 Å². The van der Waals surface area contributed by atoms with Crippen LogP contribution in [0.3, 0.4) is 0 Å². The second-order valence-electron chi connectivity index (χ2n) is 4.63. The Morgan fingerprint density at radius 3 is 2.79 bits per heavy atom. The van der Waals surface area contributed by atoms with Crippen molar-refractivity contribution in [1.82, 2.24) is 15.0 Å². The first-order valence-corrected chi connectivity index (χ1v) is 8.34. The van der Waals surface area contributed by atoms with Gasteiger partial charge < -0.3 is 10.6 Å². The minimum absolute atomic E-state index is 0.231. The van der Waals surface area contributed by atoms with E-state index in [1.54, 1.807) is 0 Å². The van der Waals surface area contributed by atoms with Crippen LogP contribution in [0.5, 0.6) is 0 Å². The lowest BCUT2D eigenvalue weighted by Crippen LogP contribution is -2.27. The van der Waals surface area contributed by atoms with Gasteiger partial charge in [-0.3, -0.25) is 0 Å². The lowest BCUT2D eigenvalue weighted by Gasteiger charge is -2.19. The highest BCUT2D eigenvalue weighted by atomic mass is 35.5. The van der Waals surface area contributed by atoms with Crippen LogP contribution >= 0.6 is 23.4 Å². The van der Waals surface area contributed by atoms with E-state index in [0.29, 0.717) is 23.2 Å². The van der Waals surface area contributed by atoms with Crippen LogP contribution in [0.1, 0.15) is 32.6 Å². The standard InChI is InChI=1S/C12H20ClN5S/c1-3-7-14-11-16-10(13)17-12(18-11)15-8-5-4-6-9(8)19-2/h8-9H,3-7H2,1-2H3,(H2,14,15,16,17,18). The van der Waals surface area contributed by atoms with Gasteiger partial charge in [-0.05, 0) is 37.1 Å². The maximum atomic E-state index is 5.94. The first kappa shape index (κ1) is 14.7. The summed E-state index contributed by atoms with van der Waals surface area (Å²) >= 11 is 7.84. The van der Waals surface area contributed by atoms with E-state index in [4.69, 9.17) is 11.6 Å². The number of thioether (sulfide) groups is 1. The van der Waals surface area contributed by atoms with E-state index in [0.717, 1.165) is 19.4 Å². The molecule has 0 saturated heterocycles. The highest BCUT2D eigenvalue weighted by molar-refractivity contribution is 7.99. The van der Waals surface area contributed by atoms with Crippen LogP contribution in [0.2, 0.25) is 5.28 Å². The second-order valence-corrected chi connectivity index (χ2v) is 6.05. The number of nitrogens with one attached hydrogen (secondary N) is 2. The smallest absolute Gasteiger partial charge is 0.229 e. The number of anilines is 2. The molecule has 2 N–H and O–H groups in total. The number of nitrogens with zero attached hydrogens (tertiary/aromatic N) is 3. The Kier molecular flexibility index (Phi) is 5.51. The van der Waals surface area contributed by atoms with Crippen LogP contribution in [0.25, 0.3) is 0 Å². The molecule has 1 aromatic rings. The Labute approximate surface area is 123 Å². The largest absolute Gasteiger partial charge is 0.354 e. The molecule has 2 atom stereocenters. The summed E-state index contributed by atoms with van der Waals surface area (Å²) in [4.78, 5) is 12.6. The van der Waals surface area contributed by atoms with E-state index in [2.05, 4.69) is 38.8 Å². The predicted octanol–water partition coefficient (Wildman–Crippen LogP) is 3.04. The molecule has 0 spiro atoms. The average molecular weight is 302 g/mol. The molecule has 106 valence electrons. The first-order valence-electron chi connectivity index (χ1n) is 6.67. The van der Waals surface area contributed by atoms with E-state index >= 15 is 0 Å². The zero-order chi connectivity index (χ0) is 13.7. The molecule has 1 heterocycles. The van der Waals surface area contributed by atoms with Crippen molar-refractivity contribution in [3.63, 3.8) is 0 Å². The fourth-order valence-electron chi connectivity index (χ4n) is 2.27. The normalized spacial score (nSPS) is 22.5. The Balaban J connectivity index is 2.04. The van der Waals surface area contributed by atoms with Crippen molar-refractivity contribution < 1.29 is 0 Å². The maximum Gasteiger partial charge on any atom is 0.229 e. The molecule has 0 aromatic carbocycles. The van der Waals surface area contributed by atoms with E-state index in [9.17, 15) is 0 Å². The molecule has 2 rings (SSSR count). The molecule has 0 aliphatic heterocycles. The van der Waals surface area contributed by atoms with Gasteiger partial charge in [0.05, 0.1) is 0 Å². The zero-order valence-corrected chi connectivity index (χ0v) is 12.9. The summed E-state index contributed by atoms with van der Waals surface area (Å²) in [7, 11) is 0. The summed E-state index contributed by atoms with van der Waals surface area (Å²) in [5.41, 5.74) is 0. The molecule has 5 nitrogen and oxygen atoms in total. The van der Waals surface area contributed by atoms with Gasteiger partial charge in [0, 0.05) is 17.8 Å². The van der Waals surface area contributed by atoms with E-state index in [-0.39, 0.29) is 5.28 Å². The molecule has 2 unspecified atom stereocenters. The zero-order valence-electron chi connectivity index (χ0n) is 11.3. The van der Waals surface area contributed by atoms with Crippen LogP contribution in [-0.2, 0) is 0 Å². The number of halogens is 1. The minimum Gasteiger partial charge on any atom is -0.354 e. The highest BCUT2D eigenvalue weighted by Crippen LogP contribution is 2.30. The molecule has 0 bridgehead atoms. The SMILES string of the molecule is CCCNc1nc(Cl)nc(NC2CCCC2SC)n1. The fraction of sp³-hybridized carbons (Fsp3) is 0.750. The average Bonchev–Trinajstić information content (AvgIpc) is 2.83. The van der Waals surface area contributed by atoms with Crippen LogP contribution < -0.4 is 10.6 Å². The van der Waals surface area contributed by atoms with E-state index in [1.807, 2.05) is 11.8 Å². The monoisotopic (exact) mass is 301 g/mol. The van der Waals surface area contributed by atoms with Crippen LogP contribution in [0.15, 0.2) is 0 Å². The minimum atomic E-state index is 0.231. The Morgan fingerprint density at radius 2 is 2.05 bits per heavy atom. The van der Waals surface area contributed by atoms with Crippen LogP contribution in [0.4, 0.5) is 11.9 Å². The summed E-state index contributed by atoms with van der Waals surface area (Å²) < 4.78 is 0. The Hall–Kier alpha value is -0.750. The summed E-state index contributed by atoms with van der Waals surface area (Å²) in [5.74, 6) is 1.12. The molecule has 0 amide bonds. The third-order valence-electron chi connectivity index (χ3n) is 3.21. The molecule has 7 heteroatoms. The summed E-state index contributed by atoms with van der Waals surface area (Å²) in [6.45, 7) is 2.92. The second kappa shape index (κ2) is 7.14. The lowest BCUT2D eigenvalue weighted by molar-refractivity contribution is 0.754. The van der Waals surface area contributed by atoms with E-state index in [1.165, 1.54) is 12.8 Å². The highest BCUT2D eigenvalue weighted by Gasteiger charge is 2.27. The van der Waals surface area contributed by atoms with Gasteiger partial charge in [-0.2, -0.15) is 26.7 Å². The lowest BCUT2D eigenvalue weighted by atomic mass is 10.2. The maximum absolute atomic E-state index is 5.94. The van der Waals surface area contributed by atoms with Crippen LogP contribution in [0, 0.1) is 0 Å². The van der Waals surface area contributed by atoms with Crippen molar-refractivity contribution in [1.29, 1.82) is 0 Å². The van der Waals surface area contributed by atoms with Crippen molar-refractivity contribution in [3.05, 3.63) is 5.28 Å². The van der Waals surface area contributed by atoms with E-state index < -0.39 is 0 Å². The molecule has 1 aliphatic rings. The summed E-state index contributed by atoms with van der Waals surface area (Å²) in [6.07, 6.45) is 6.83. The van der Waals surface area contributed by atoms with Gasteiger partial charge in [-0.25, -0.2) is 0 Å². The van der Waals surface area contributed by atoms with Crippen LogP contribution in [-0.4, -0.2) is 39.0 Å². The fourth-order valence-corrected chi connectivity index (χ4v) is 3.36. The molecule has 19 heavy (non-hydrogen) atoms. The van der Waals surface area contributed by atoms with Gasteiger partial charge in [-0.15, -0.1) is 0 Å². The molecule has 1 saturated carbocycles. The van der Waals surface area contributed by atoms with Gasteiger partial charge in [-0.1, -0.05) is 13.3 Å². The molecule has 1 fully saturated rings. The van der Waals surface area contributed by atoms with Crippen molar-refractivity contribution in [2.45, 2.75) is 43.9 Å². The van der Waals surface area contributed by atoms with Gasteiger partial charge in [0.2, 0.25) is 17.2 Å². The number of aromatic nitrogens is 3. The third-order valence-corrected chi connectivity index (χ3v) is 4.55. The number of rotatable bonds is 6. The molecule has 0 radical (unpaired) electrons. The van der Waals surface area contributed by atoms with Gasteiger partial charge >= 0.3 is 0 Å². The van der Waals surface area contributed by atoms with Crippen molar-refractivity contribution in [2.75, 3.05) is 23.4 Å². The van der Waals surface area contributed by atoms with Crippen molar-refractivity contribution in [3.8, 4) is 0 Å². The summed E-state index contributed by atoms with van der Waals surface area (Å²) in [6, 6.07) is 0.424.